The summed E-state index contributed by atoms with van der Waals surface area (Å²) in [7, 11) is 0. The van der Waals surface area contributed by atoms with E-state index < -0.39 is 0 Å². The average Bonchev–Trinajstić information content (AvgIpc) is 2.43. The minimum Gasteiger partial charge on any atom is -0.493 e. The van der Waals surface area contributed by atoms with Gasteiger partial charge in [-0.2, -0.15) is 0 Å². The predicted octanol–water partition coefficient (Wildman–Crippen LogP) is 4.61. The number of fused-ring (bicyclic) bond motifs is 1. The second kappa shape index (κ2) is 6.43. The van der Waals surface area contributed by atoms with Crippen LogP contribution in [0.25, 0.3) is 0 Å². The summed E-state index contributed by atoms with van der Waals surface area (Å²) in [5.74, 6) is 0.988. The fourth-order valence-electron chi connectivity index (χ4n) is 2.93. The van der Waals surface area contributed by atoms with E-state index >= 15 is 0 Å². The van der Waals surface area contributed by atoms with Crippen LogP contribution in [0, 0.1) is 0 Å². The molecule has 1 aliphatic heterocycles. The summed E-state index contributed by atoms with van der Waals surface area (Å²) in [6.45, 7) is 7.47. The molecule has 110 valence electrons. The smallest absolute Gasteiger partial charge is 0.127 e. The van der Waals surface area contributed by atoms with Crippen LogP contribution < -0.4 is 4.74 Å². The Morgan fingerprint density at radius 1 is 1.35 bits per heavy atom. The van der Waals surface area contributed by atoms with Gasteiger partial charge in [0.25, 0.3) is 0 Å². The van der Waals surface area contributed by atoms with E-state index in [4.69, 9.17) is 4.74 Å². The van der Waals surface area contributed by atoms with Gasteiger partial charge in [-0.1, -0.05) is 52.2 Å². The number of hydrogen-bond acceptors (Lipinski definition) is 2. The molecule has 20 heavy (non-hydrogen) atoms. The van der Waals surface area contributed by atoms with Gasteiger partial charge in [-0.05, 0) is 35.4 Å². The highest BCUT2D eigenvalue weighted by atomic mass is 16.5. The van der Waals surface area contributed by atoms with Crippen molar-refractivity contribution in [1.82, 2.24) is 0 Å². The van der Waals surface area contributed by atoms with Crippen molar-refractivity contribution in [2.45, 2.75) is 64.2 Å². The Morgan fingerprint density at radius 3 is 2.85 bits per heavy atom. The molecule has 0 radical (unpaired) electrons. The zero-order chi connectivity index (χ0) is 14.6. The molecule has 0 saturated heterocycles. The standard InChI is InChI=1S/C18H26O2/c1-4-5-6-7-15(13-19)14-8-9-16-17(12-14)20-11-10-18(16,2)3/h8-9,12-13,15H,4-7,10-11H2,1-3H3/t15-/m1/s1. The molecule has 0 N–H and O–H groups in total. The van der Waals surface area contributed by atoms with Crippen molar-refractivity contribution in [2.75, 3.05) is 6.61 Å². The van der Waals surface area contributed by atoms with E-state index in [1.807, 2.05) is 0 Å². The number of hydrogen-bond donors (Lipinski definition) is 0. The van der Waals surface area contributed by atoms with Gasteiger partial charge in [0.15, 0.2) is 0 Å². The van der Waals surface area contributed by atoms with E-state index in [1.54, 1.807) is 0 Å². The quantitative estimate of drug-likeness (QED) is 0.559. The van der Waals surface area contributed by atoms with Gasteiger partial charge < -0.3 is 9.53 Å². The number of carbonyl (C=O) groups excluding carboxylic acids is 1. The van der Waals surface area contributed by atoms with Crippen LogP contribution in [0.15, 0.2) is 18.2 Å². The lowest BCUT2D eigenvalue weighted by Gasteiger charge is -2.33. The summed E-state index contributed by atoms with van der Waals surface area (Å²) >= 11 is 0. The van der Waals surface area contributed by atoms with Gasteiger partial charge in [0.1, 0.15) is 12.0 Å². The molecule has 0 unspecified atom stereocenters. The third kappa shape index (κ3) is 3.23. The highest BCUT2D eigenvalue weighted by Gasteiger charge is 2.29. The van der Waals surface area contributed by atoms with Crippen molar-refractivity contribution in [3.8, 4) is 5.75 Å². The molecule has 0 aromatic heterocycles. The molecule has 1 atom stereocenters. The third-order valence-electron chi connectivity index (χ3n) is 4.43. The molecule has 1 aromatic carbocycles. The summed E-state index contributed by atoms with van der Waals surface area (Å²) < 4.78 is 5.80. The lowest BCUT2D eigenvalue weighted by atomic mass is 9.79. The molecule has 2 heteroatoms. The number of aldehydes is 1. The van der Waals surface area contributed by atoms with E-state index in [0.29, 0.717) is 0 Å². The van der Waals surface area contributed by atoms with Crippen LogP contribution in [0.2, 0.25) is 0 Å². The summed E-state index contributed by atoms with van der Waals surface area (Å²) in [6, 6.07) is 6.35. The van der Waals surface area contributed by atoms with Gasteiger partial charge in [0.05, 0.1) is 6.61 Å². The minimum atomic E-state index is 0.0143. The Bertz CT molecular complexity index is 462. The van der Waals surface area contributed by atoms with Crippen molar-refractivity contribution < 1.29 is 9.53 Å². The number of carbonyl (C=O) groups is 1. The maximum Gasteiger partial charge on any atom is 0.127 e. The predicted molar refractivity (Wildman–Crippen MR) is 82.5 cm³/mol. The van der Waals surface area contributed by atoms with E-state index in [0.717, 1.165) is 43.5 Å². The number of ether oxygens (including phenoxy) is 1. The van der Waals surface area contributed by atoms with Gasteiger partial charge in [0.2, 0.25) is 0 Å². The molecule has 0 aliphatic carbocycles. The molecule has 2 rings (SSSR count). The Morgan fingerprint density at radius 2 is 2.15 bits per heavy atom. The lowest BCUT2D eigenvalue weighted by molar-refractivity contribution is -0.109. The third-order valence-corrected chi connectivity index (χ3v) is 4.43. The van der Waals surface area contributed by atoms with Crippen LogP contribution in [0.3, 0.4) is 0 Å². The first-order valence-corrected chi connectivity index (χ1v) is 7.81. The Labute approximate surface area is 122 Å². The molecule has 0 amide bonds. The topological polar surface area (TPSA) is 26.3 Å². The van der Waals surface area contributed by atoms with E-state index in [1.165, 1.54) is 18.4 Å². The van der Waals surface area contributed by atoms with E-state index in [-0.39, 0.29) is 11.3 Å². The molecule has 0 fully saturated rings. The molecule has 0 spiro atoms. The lowest BCUT2D eigenvalue weighted by Crippen LogP contribution is -2.26. The van der Waals surface area contributed by atoms with Gasteiger partial charge in [0, 0.05) is 5.92 Å². The summed E-state index contributed by atoms with van der Waals surface area (Å²) in [6.07, 6.45) is 6.58. The highest BCUT2D eigenvalue weighted by Crippen LogP contribution is 2.39. The molecule has 0 bridgehead atoms. The van der Waals surface area contributed by atoms with Gasteiger partial charge >= 0.3 is 0 Å². The summed E-state index contributed by atoms with van der Waals surface area (Å²) in [5, 5.41) is 0. The minimum absolute atomic E-state index is 0.0143. The molecular weight excluding hydrogens is 248 g/mol. The van der Waals surface area contributed by atoms with Crippen LogP contribution in [-0.2, 0) is 10.2 Å². The molecule has 1 heterocycles. The van der Waals surface area contributed by atoms with E-state index in [2.05, 4.69) is 39.0 Å². The molecule has 2 nitrogen and oxygen atoms in total. The zero-order valence-electron chi connectivity index (χ0n) is 12.9. The monoisotopic (exact) mass is 274 g/mol. The fourth-order valence-corrected chi connectivity index (χ4v) is 2.93. The Balaban J connectivity index is 2.19. The fraction of sp³-hybridized carbons (Fsp3) is 0.611. The first-order valence-electron chi connectivity index (χ1n) is 7.81. The number of benzene rings is 1. The Kier molecular flexibility index (Phi) is 4.85. The average molecular weight is 274 g/mol. The van der Waals surface area contributed by atoms with Gasteiger partial charge in [-0.25, -0.2) is 0 Å². The molecule has 1 aliphatic rings. The van der Waals surface area contributed by atoms with Crippen LogP contribution in [0.4, 0.5) is 0 Å². The Hall–Kier alpha value is -1.31. The number of rotatable bonds is 6. The second-order valence-electron chi connectivity index (χ2n) is 6.48. The largest absolute Gasteiger partial charge is 0.493 e. The van der Waals surface area contributed by atoms with E-state index in [9.17, 15) is 4.79 Å². The number of unbranched alkanes of at least 4 members (excludes halogenated alkanes) is 2. The first-order chi connectivity index (χ1) is 9.58. The second-order valence-corrected chi connectivity index (χ2v) is 6.48. The summed E-state index contributed by atoms with van der Waals surface area (Å²) in [4.78, 5) is 11.4. The maximum absolute atomic E-state index is 11.4. The van der Waals surface area contributed by atoms with Gasteiger partial charge in [-0.3, -0.25) is 0 Å². The highest BCUT2D eigenvalue weighted by molar-refractivity contribution is 5.63. The van der Waals surface area contributed by atoms with Gasteiger partial charge in [-0.15, -0.1) is 0 Å². The molecular formula is C18H26O2. The van der Waals surface area contributed by atoms with Crippen LogP contribution in [0.1, 0.15) is 69.9 Å². The SMILES string of the molecule is CCCCC[C@H](C=O)c1ccc2c(c1)OCCC2(C)C. The van der Waals surface area contributed by atoms with Crippen molar-refractivity contribution in [3.05, 3.63) is 29.3 Å². The van der Waals surface area contributed by atoms with Crippen molar-refractivity contribution >= 4 is 6.29 Å². The van der Waals surface area contributed by atoms with Crippen LogP contribution in [0.5, 0.6) is 5.75 Å². The summed E-state index contributed by atoms with van der Waals surface area (Å²) in [5.41, 5.74) is 2.55. The molecule has 1 aromatic rings. The molecule has 0 saturated carbocycles. The van der Waals surface area contributed by atoms with Crippen molar-refractivity contribution in [2.24, 2.45) is 0 Å². The maximum atomic E-state index is 11.4. The van der Waals surface area contributed by atoms with Crippen molar-refractivity contribution in [3.63, 3.8) is 0 Å². The zero-order valence-corrected chi connectivity index (χ0v) is 12.9. The van der Waals surface area contributed by atoms with Crippen LogP contribution in [-0.4, -0.2) is 12.9 Å². The van der Waals surface area contributed by atoms with Crippen molar-refractivity contribution in [1.29, 1.82) is 0 Å². The normalized spacial score (nSPS) is 17.9. The first kappa shape index (κ1) is 15.1. The van der Waals surface area contributed by atoms with Crippen LogP contribution >= 0.6 is 0 Å².